The van der Waals surface area contributed by atoms with Crippen LogP contribution in [0, 0.1) is 6.92 Å². The lowest BCUT2D eigenvalue weighted by Crippen LogP contribution is -2.37. The van der Waals surface area contributed by atoms with Gasteiger partial charge in [-0.05, 0) is 32.1 Å². The normalized spacial score (nSPS) is 10.8. The van der Waals surface area contributed by atoms with Gasteiger partial charge in [0.15, 0.2) is 11.4 Å². The Hall–Kier alpha value is -1.83. The summed E-state index contributed by atoms with van der Waals surface area (Å²) in [6.45, 7) is 10.4. The van der Waals surface area contributed by atoms with E-state index in [1.807, 2.05) is 12.1 Å². The summed E-state index contributed by atoms with van der Waals surface area (Å²) in [6, 6.07) is 10.8. The zero-order valence-corrected chi connectivity index (χ0v) is 10.7. The highest BCUT2D eigenvalue weighted by atomic mass is 15.2. The van der Waals surface area contributed by atoms with E-state index in [0.717, 1.165) is 0 Å². The van der Waals surface area contributed by atoms with Crippen molar-refractivity contribution in [1.82, 2.24) is 4.57 Å². The first-order valence-electron chi connectivity index (χ1n) is 5.96. The number of benzene rings is 1. The summed E-state index contributed by atoms with van der Waals surface area (Å²) >= 11 is 0. The fourth-order valence-electron chi connectivity index (χ4n) is 2.10. The monoisotopic (exact) mass is 227 g/mol. The van der Waals surface area contributed by atoms with Crippen LogP contribution in [0.1, 0.15) is 31.3 Å². The number of rotatable bonds is 3. The molecule has 2 nitrogen and oxygen atoms in total. The predicted octanol–water partition coefficient (Wildman–Crippen LogP) is 3.30. The van der Waals surface area contributed by atoms with Crippen molar-refractivity contribution >= 4 is 6.08 Å². The molecule has 17 heavy (non-hydrogen) atoms. The summed E-state index contributed by atoms with van der Waals surface area (Å²) in [6.07, 6.45) is 4.07. The first kappa shape index (κ1) is 11.6. The number of imidazole rings is 1. The molecule has 0 spiro atoms. The summed E-state index contributed by atoms with van der Waals surface area (Å²) in [5.74, 6) is 0. The summed E-state index contributed by atoms with van der Waals surface area (Å²) in [7, 11) is 0. The van der Waals surface area contributed by atoms with Gasteiger partial charge in [-0.15, -0.1) is 0 Å². The molecule has 2 aromatic rings. The summed E-state index contributed by atoms with van der Waals surface area (Å²) in [5.41, 5.74) is 3.59. The quantitative estimate of drug-likeness (QED) is 0.711. The molecule has 0 aliphatic rings. The molecule has 0 atom stereocenters. The molecule has 0 aliphatic heterocycles. The summed E-state index contributed by atoms with van der Waals surface area (Å²) < 4.78 is 4.45. The lowest BCUT2D eigenvalue weighted by Gasteiger charge is -2.00. The van der Waals surface area contributed by atoms with Crippen molar-refractivity contribution in [1.29, 1.82) is 0 Å². The van der Waals surface area contributed by atoms with E-state index in [1.54, 1.807) is 0 Å². The van der Waals surface area contributed by atoms with Crippen molar-refractivity contribution in [2.45, 2.75) is 26.8 Å². The Kier molecular flexibility index (Phi) is 3.14. The van der Waals surface area contributed by atoms with Crippen molar-refractivity contribution in [3.8, 4) is 5.69 Å². The molecule has 1 aromatic carbocycles. The lowest BCUT2D eigenvalue weighted by atomic mass is 10.2. The molecule has 0 unspecified atom stereocenters. The molecule has 0 aliphatic carbocycles. The SMILES string of the molecule is C=Cc1c(C)n(-c2ccccc2)c[n+]1C(C)C. The van der Waals surface area contributed by atoms with Crippen molar-refractivity contribution in [3.05, 3.63) is 54.6 Å². The third-order valence-corrected chi connectivity index (χ3v) is 3.03. The Balaban J connectivity index is 2.61. The number of hydrogen-bond acceptors (Lipinski definition) is 0. The molecule has 1 heterocycles. The van der Waals surface area contributed by atoms with Crippen LogP contribution < -0.4 is 4.57 Å². The van der Waals surface area contributed by atoms with Crippen LogP contribution in [0.2, 0.25) is 0 Å². The van der Waals surface area contributed by atoms with Gasteiger partial charge in [0.25, 0.3) is 0 Å². The number of nitrogens with zero attached hydrogens (tertiary/aromatic N) is 2. The highest BCUT2D eigenvalue weighted by molar-refractivity contribution is 5.44. The van der Waals surface area contributed by atoms with Crippen molar-refractivity contribution in [3.63, 3.8) is 0 Å². The van der Waals surface area contributed by atoms with Gasteiger partial charge in [0.2, 0.25) is 6.33 Å². The highest BCUT2D eigenvalue weighted by Crippen LogP contribution is 2.15. The molecule has 0 saturated carbocycles. The van der Waals surface area contributed by atoms with E-state index in [1.165, 1.54) is 17.1 Å². The van der Waals surface area contributed by atoms with E-state index in [0.29, 0.717) is 6.04 Å². The zero-order valence-electron chi connectivity index (χ0n) is 10.7. The Morgan fingerprint density at radius 1 is 1.24 bits per heavy atom. The average Bonchev–Trinajstić information content (AvgIpc) is 2.67. The van der Waals surface area contributed by atoms with Gasteiger partial charge in [-0.2, -0.15) is 4.57 Å². The third kappa shape index (κ3) is 2.03. The summed E-state index contributed by atoms with van der Waals surface area (Å²) in [5, 5.41) is 0. The van der Waals surface area contributed by atoms with Gasteiger partial charge in [0, 0.05) is 6.92 Å². The van der Waals surface area contributed by atoms with Gasteiger partial charge in [-0.25, -0.2) is 4.57 Å². The molecular weight excluding hydrogens is 208 g/mol. The van der Waals surface area contributed by atoms with Gasteiger partial charge in [-0.1, -0.05) is 24.8 Å². The highest BCUT2D eigenvalue weighted by Gasteiger charge is 2.20. The second-order valence-corrected chi connectivity index (χ2v) is 4.50. The van der Waals surface area contributed by atoms with E-state index in [-0.39, 0.29) is 0 Å². The van der Waals surface area contributed by atoms with Gasteiger partial charge in [0.05, 0.1) is 6.04 Å². The van der Waals surface area contributed by atoms with Crippen LogP contribution in [0.15, 0.2) is 43.2 Å². The molecule has 1 aromatic heterocycles. The minimum atomic E-state index is 0.437. The average molecular weight is 227 g/mol. The largest absolute Gasteiger partial charge is 0.249 e. The van der Waals surface area contributed by atoms with Gasteiger partial charge in [-0.3, -0.25) is 0 Å². The molecule has 0 N–H and O–H groups in total. The Morgan fingerprint density at radius 2 is 1.88 bits per heavy atom. The van der Waals surface area contributed by atoms with Crippen LogP contribution >= 0.6 is 0 Å². The molecule has 88 valence electrons. The number of hydrogen-bond donors (Lipinski definition) is 0. The van der Waals surface area contributed by atoms with Crippen molar-refractivity contribution < 1.29 is 4.57 Å². The second kappa shape index (κ2) is 4.58. The van der Waals surface area contributed by atoms with E-state index in [9.17, 15) is 0 Å². The molecule has 2 heteroatoms. The first-order valence-corrected chi connectivity index (χ1v) is 5.96. The maximum atomic E-state index is 3.91. The smallest absolute Gasteiger partial charge is 0.228 e. The summed E-state index contributed by atoms with van der Waals surface area (Å²) in [4.78, 5) is 0. The molecule has 0 fully saturated rings. The molecule has 2 rings (SSSR count). The fraction of sp³-hybridized carbons (Fsp3) is 0.267. The molecule has 0 bridgehead atoms. The minimum absolute atomic E-state index is 0.437. The van der Waals surface area contributed by atoms with Gasteiger partial charge < -0.3 is 0 Å². The van der Waals surface area contributed by atoms with Crippen molar-refractivity contribution in [2.24, 2.45) is 0 Å². The van der Waals surface area contributed by atoms with E-state index in [4.69, 9.17) is 0 Å². The number of aromatic nitrogens is 2. The van der Waals surface area contributed by atoms with E-state index in [2.05, 4.69) is 67.1 Å². The molecular formula is C15H19N2+. The van der Waals surface area contributed by atoms with E-state index < -0.39 is 0 Å². The lowest BCUT2D eigenvalue weighted by molar-refractivity contribution is -0.717. The van der Waals surface area contributed by atoms with Gasteiger partial charge >= 0.3 is 0 Å². The van der Waals surface area contributed by atoms with Crippen LogP contribution in [0.3, 0.4) is 0 Å². The molecule has 0 amide bonds. The zero-order chi connectivity index (χ0) is 12.4. The maximum absolute atomic E-state index is 3.91. The Bertz CT molecular complexity index is 521. The first-order chi connectivity index (χ1) is 8.15. The van der Waals surface area contributed by atoms with Crippen molar-refractivity contribution in [2.75, 3.05) is 0 Å². The second-order valence-electron chi connectivity index (χ2n) is 4.50. The molecule has 0 saturated heterocycles. The van der Waals surface area contributed by atoms with Gasteiger partial charge in [0.1, 0.15) is 5.69 Å². The minimum Gasteiger partial charge on any atom is -0.228 e. The number of para-hydroxylation sites is 1. The fourth-order valence-corrected chi connectivity index (χ4v) is 2.10. The Labute approximate surface area is 103 Å². The topological polar surface area (TPSA) is 8.81 Å². The predicted molar refractivity (Wildman–Crippen MR) is 71.2 cm³/mol. The van der Waals surface area contributed by atoms with E-state index >= 15 is 0 Å². The van der Waals surface area contributed by atoms with Crippen LogP contribution in [0.25, 0.3) is 11.8 Å². The van der Waals surface area contributed by atoms with Crippen LogP contribution in [0.5, 0.6) is 0 Å². The maximum Gasteiger partial charge on any atom is 0.249 e. The standard InChI is InChI=1S/C15H19N2/c1-5-15-13(4)17(11-16(15)12(2)3)14-9-7-6-8-10-14/h5-12H,1H2,2-4H3/q+1. The van der Waals surface area contributed by atoms with Crippen LogP contribution in [-0.2, 0) is 0 Å². The molecule has 0 radical (unpaired) electrons. The third-order valence-electron chi connectivity index (χ3n) is 3.03. The van der Waals surface area contributed by atoms with Crippen LogP contribution in [-0.4, -0.2) is 4.57 Å². The van der Waals surface area contributed by atoms with Crippen LogP contribution in [0.4, 0.5) is 0 Å². The Morgan fingerprint density at radius 3 is 2.35 bits per heavy atom.